The standard InChI is InChI=1S/C16H23IN2O/c1-12(2)19-10-8-13(9-11-19)18(3)16(20)14-6-4-5-7-15(14)17/h4-7,12-13H,8-11H2,1-3H3. The molecule has 0 unspecified atom stereocenters. The second-order valence-electron chi connectivity index (χ2n) is 5.76. The highest BCUT2D eigenvalue weighted by molar-refractivity contribution is 14.1. The fourth-order valence-electron chi connectivity index (χ4n) is 2.78. The summed E-state index contributed by atoms with van der Waals surface area (Å²) in [6.07, 6.45) is 2.15. The van der Waals surface area contributed by atoms with E-state index in [1.54, 1.807) is 0 Å². The van der Waals surface area contributed by atoms with Crippen LogP contribution in [0.15, 0.2) is 24.3 Å². The van der Waals surface area contributed by atoms with Crippen molar-refractivity contribution in [1.82, 2.24) is 9.80 Å². The molecule has 1 aliphatic rings. The summed E-state index contributed by atoms with van der Waals surface area (Å²) < 4.78 is 1.03. The molecule has 0 saturated carbocycles. The zero-order chi connectivity index (χ0) is 14.7. The fourth-order valence-corrected chi connectivity index (χ4v) is 3.40. The van der Waals surface area contributed by atoms with Gasteiger partial charge in [0.1, 0.15) is 0 Å². The van der Waals surface area contributed by atoms with Gasteiger partial charge in [0.2, 0.25) is 0 Å². The second kappa shape index (κ2) is 6.89. The van der Waals surface area contributed by atoms with E-state index in [0.717, 1.165) is 35.1 Å². The molecule has 1 aromatic carbocycles. The van der Waals surface area contributed by atoms with Gasteiger partial charge in [0.05, 0.1) is 5.56 Å². The number of nitrogens with zero attached hydrogens (tertiary/aromatic N) is 2. The van der Waals surface area contributed by atoms with Crippen molar-refractivity contribution in [3.8, 4) is 0 Å². The van der Waals surface area contributed by atoms with Crippen LogP contribution in [0.3, 0.4) is 0 Å². The molecule has 3 nitrogen and oxygen atoms in total. The van der Waals surface area contributed by atoms with Crippen LogP contribution < -0.4 is 0 Å². The van der Waals surface area contributed by atoms with Gasteiger partial charge in [-0.2, -0.15) is 0 Å². The van der Waals surface area contributed by atoms with E-state index in [4.69, 9.17) is 0 Å². The van der Waals surface area contributed by atoms with Crippen molar-refractivity contribution < 1.29 is 4.79 Å². The molecule has 1 heterocycles. The number of carbonyl (C=O) groups excluding carboxylic acids is 1. The molecule has 0 spiro atoms. The molecule has 1 amide bonds. The normalized spacial score (nSPS) is 17.4. The van der Waals surface area contributed by atoms with Crippen molar-refractivity contribution in [1.29, 1.82) is 0 Å². The average Bonchev–Trinajstić information content (AvgIpc) is 2.46. The molecule has 1 fully saturated rings. The number of piperidine rings is 1. The van der Waals surface area contributed by atoms with Gasteiger partial charge >= 0.3 is 0 Å². The molecule has 0 N–H and O–H groups in total. The molecule has 0 atom stereocenters. The zero-order valence-corrected chi connectivity index (χ0v) is 14.6. The van der Waals surface area contributed by atoms with Crippen LogP contribution in [-0.2, 0) is 0 Å². The minimum absolute atomic E-state index is 0.151. The van der Waals surface area contributed by atoms with E-state index in [2.05, 4.69) is 41.3 Å². The van der Waals surface area contributed by atoms with Crippen LogP contribution in [0.2, 0.25) is 0 Å². The Morgan fingerprint density at radius 1 is 1.30 bits per heavy atom. The minimum Gasteiger partial charge on any atom is -0.339 e. The van der Waals surface area contributed by atoms with Gasteiger partial charge in [-0.1, -0.05) is 12.1 Å². The number of amides is 1. The third-order valence-electron chi connectivity index (χ3n) is 4.20. The van der Waals surface area contributed by atoms with Crippen LogP contribution in [0.1, 0.15) is 37.0 Å². The fraction of sp³-hybridized carbons (Fsp3) is 0.562. The highest BCUT2D eigenvalue weighted by atomic mass is 127. The van der Waals surface area contributed by atoms with Gasteiger partial charge in [-0.25, -0.2) is 0 Å². The van der Waals surface area contributed by atoms with Crippen molar-refractivity contribution in [2.24, 2.45) is 0 Å². The highest BCUT2D eigenvalue weighted by Crippen LogP contribution is 2.20. The molecule has 0 radical (unpaired) electrons. The summed E-state index contributed by atoms with van der Waals surface area (Å²) >= 11 is 2.24. The van der Waals surface area contributed by atoms with Crippen LogP contribution in [0.4, 0.5) is 0 Å². The first kappa shape index (κ1) is 15.8. The van der Waals surface area contributed by atoms with E-state index in [1.807, 2.05) is 36.2 Å². The molecule has 1 aliphatic heterocycles. The Kier molecular flexibility index (Phi) is 5.43. The number of likely N-dealkylation sites (tertiary alicyclic amines) is 1. The Labute approximate surface area is 135 Å². The highest BCUT2D eigenvalue weighted by Gasteiger charge is 2.27. The van der Waals surface area contributed by atoms with Gasteiger partial charge in [0.15, 0.2) is 0 Å². The predicted octanol–water partition coefficient (Wildman–Crippen LogP) is 3.24. The van der Waals surface area contributed by atoms with Crippen molar-refractivity contribution >= 4 is 28.5 Å². The minimum atomic E-state index is 0.151. The molecule has 2 rings (SSSR count). The van der Waals surface area contributed by atoms with Gasteiger partial charge in [-0.15, -0.1) is 0 Å². The van der Waals surface area contributed by atoms with E-state index in [1.165, 1.54) is 0 Å². The molecular weight excluding hydrogens is 363 g/mol. The number of hydrogen-bond donors (Lipinski definition) is 0. The number of carbonyl (C=O) groups is 1. The SMILES string of the molecule is CC(C)N1CCC(N(C)C(=O)c2ccccc2I)CC1. The summed E-state index contributed by atoms with van der Waals surface area (Å²) in [5, 5.41) is 0. The lowest BCUT2D eigenvalue weighted by molar-refractivity contribution is 0.0614. The Bertz CT molecular complexity index is 467. The summed E-state index contributed by atoms with van der Waals surface area (Å²) in [6.45, 7) is 6.65. The van der Waals surface area contributed by atoms with Gasteiger partial charge in [0.25, 0.3) is 5.91 Å². The maximum atomic E-state index is 12.6. The summed E-state index contributed by atoms with van der Waals surface area (Å²) in [6, 6.07) is 8.79. The van der Waals surface area contributed by atoms with Gasteiger partial charge in [0, 0.05) is 35.8 Å². The maximum absolute atomic E-state index is 12.6. The van der Waals surface area contributed by atoms with E-state index < -0.39 is 0 Å². The average molecular weight is 386 g/mol. The molecule has 110 valence electrons. The molecule has 0 bridgehead atoms. The van der Waals surface area contributed by atoms with E-state index >= 15 is 0 Å². The first-order valence-corrected chi connectivity index (χ1v) is 8.34. The van der Waals surface area contributed by atoms with E-state index in [0.29, 0.717) is 12.1 Å². The number of benzene rings is 1. The molecule has 0 aromatic heterocycles. The first-order chi connectivity index (χ1) is 9.50. The summed E-state index contributed by atoms with van der Waals surface area (Å²) in [5.41, 5.74) is 0.821. The molecule has 1 saturated heterocycles. The van der Waals surface area contributed by atoms with Crippen LogP contribution >= 0.6 is 22.6 Å². The Morgan fingerprint density at radius 3 is 2.45 bits per heavy atom. The largest absolute Gasteiger partial charge is 0.339 e. The van der Waals surface area contributed by atoms with Crippen molar-refractivity contribution in [3.63, 3.8) is 0 Å². The Hall–Kier alpha value is -0.620. The summed E-state index contributed by atoms with van der Waals surface area (Å²) in [4.78, 5) is 17.0. The van der Waals surface area contributed by atoms with E-state index in [9.17, 15) is 4.79 Å². The Balaban J connectivity index is 2.00. The molecule has 20 heavy (non-hydrogen) atoms. The van der Waals surface area contributed by atoms with Gasteiger partial charge < -0.3 is 9.80 Å². The lowest BCUT2D eigenvalue weighted by Gasteiger charge is -2.38. The zero-order valence-electron chi connectivity index (χ0n) is 12.5. The lowest BCUT2D eigenvalue weighted by atomic mass is 10.0. The quantitative estimate of drug-likeness (QED) is 0.745. The number of hydrogen-bond acceptors (Lipinski definition) is 2. The molecule has 4 heteroatoms. The predicted molar refractivity (Wildman–Crippen MR) is 91.0 cm³/mol. The summed E-state index contributed by atoms with van der Waals surface area (Å²) in [5.74, 6) is 0.151. The van der Waals surface area contributed by atoms with Crippen LogP contribution in [-0.4, -0.2) is 47.9 Å². The van der Waals surface area contributed by atoms with Gasteiger partial charge in [-0.3, -0.25) is 4.79 Å². The second-order valence-corrected chi connectivity index (χ2v) is 6.92. The Morgan fingerprint density at radius 2 is 1.90 bits per heavy atom. The van der Waals surface area contributed by atoms with Crippen LogP contribution in [0.25, 0.3) is 0 Å². The van der Waals surface area contributed by atoms with Crippen molar-refractivity contribution in [2.75, 3.05) is 20.1 Å². The van der Waals surface area contributed by atoms with Crippen molar-refractivity contribution in [2.45, 2.75) is 38.8 Å². The topological polar surface area (TPSA) is 23.6 Å². The molecule has 0 aliphatic carbocycles. The third kappa shape index (κ3) is 3.52. The summed E-state index contributed by atoms with van der Waals surface area (Å²) in [7, 11) is 1.95. The molecule has 1 aromatic rings. The molecular formula is C16H23IN2O. The third-order valence-corrected chi connectivity index (χ3v) is 5.14. The number of rotatable bonds is 3. The monoisotopic (exact) mass is 386 g/mol. The lowest BCUT2D eigenvalue weighted by Crippen LogP contribution is -2.47. The van der Waals surface area contributed by atoms with Gasteiger partial charge in [-0.05, 0) is 61.4 Å². The van der Waals surface area contributed by atoms with Crippen LogP contribution in [0.5, 0.6) is 0 Å². The smallest absolute Gasteiger partial charge is 0.254 e. The number of halogens is 1. The van der Waals surface area contributed by atoms with E-state index in [-0.39, 0.29) is 5.91 Å². The van der Waals surface area contributed by atoms with Crippen LogP contribution in [0, 0.1) is 3.57 Å². The van der Waals surface area contributed by atoms with Crippen molar-refractivity contribution in [3.05, 3.63) is 33.4 Å². The first-order valence-electron chi connectivity index (χ1n) is 7.26. The maximum Gasteiger partial charge on any atom is 0.254 e.